The number of aromatic nitrogens is 1. The van der Waals surface area contributed by atoms with Crippen LogP contribution in [0.3, 0.4) is 0 Å². The van der Waals surface area contributed by atoms with Crippen LogP contribution in [0.15, 0.2) is 18.3 Å². The Hall–Kier alpha value is -2.15. The Morgan fingerprint density at radius 2 is 2.25 bits per heavy atom. The van der Waals surface area contributed by atoms with Gasteiger partial charge in [0.15, 0.2) is 0 Å². The third-order valence-electron chi connectivity index (χ3n) is 3.11. The van der Waals surface area contributed by atoms with Gasteiger partial charge in [-0.15, -0.1) is 0 Å². The quantitative estimate of drug-likeness (QED) is 0.738. The summed E-state index contributed by atoms with van der Waals surface area (Å²) in [4.78, 5) is 28.6. The van der Waals surface area contributed by atoms with Gasteiger partial charge in [0.05, 0.1) is 17.8 Å². The van der Waals surface area contributed by atoms with Gasteiger partial charge in [-0.1, -0.05) is 0 Å². The number of rotatable bonds is 3. The van der Waals surface area contributed by atoms with Crippen LogP contribution in [0.1, 0.15) is 22.5 Å². The second kappa shape index (κ2) is 6.85. The average Bonchev–Trinajstić information content (AvgIpc) is 2.74. The molecule has 2 heterocycles. The van der Waals surface area contributed by atoms with E-state index in [0.29, 0.717) is 12.2 Å². The zero-order chi connectivity index (χ0) is 14.4. The Morgan fingerprint density at radius 1 is 1.40 bits per heavy atom. The predicted molar refractivity (Wildman–Crippen MR) is 72.5 cm³/mol. The fraction of sp³-hybridized carbons (Fsp3) is 0.462. The van der Waals surface area contributed by atoms with Crippen LogP contribution in [0.2, 0.25) is 0 Å². The first kappa shape index (κ1) is 14.3. The Balaban J connectivity index is 1.89. The summed E-state index contributed by atoms with van der Waals surface area (Å²) < 4.78 is 0. The van der Waals surface area contributed by atoms with Crippen molar-refractivity contribution in [2.24, 2.45) is 0 Å². The summed E-state index contributed by atoms with van der Waals surface area (Å²) in [6, 6.07) is 2.75. The van der Waals surface area contributed by atoms with E-state index < -0.39 is 5.97 Å². The fourth-order valence-electron chi connectivity index (χ4n) is 2.03. The van der Waals surface area contributed by atoms with Crippen molar-refractivity contribution < 1.29 is 14.7 Å². The molecule has 0 spiro atoms. The van der Waals surface area contributed by atoms with E-state index in [9.17, 15) is 9.59 Å². The molecule has 3 N–H and O–H groups in total. The van der Waals surface area contributed by atoms with Crippen LogP contribution < -0.4 is 10.6 Å². The van der Waals surface area contributed by atoms with E-state index in [1.165, 1.54) is 18.3 Å². The highest BCUT2D eigenvalue weighted by molar-refractivity contribution is 5.87. The molecule has 1 aliphatic heterocycles. The van der Waals surface area contributed by atoms with Gasteiger partial charge in [0, 0.05) is 25.8 Å². The smallest absolute Gasteiger partial charge is 0.335 e. The SMILES string of the molecule is O=C(O)c1ccnc(CNC(=O)N2CCCNCC2)c1. The van der Waals surface area contributed by atoms with Gasteiger partial charge in [0.1, 0.15) is 0 Å². The molecular weight excluding hydrogens is 260 g/mol. The number of carboxylic acids is 1. The normalized spacial score (nSPS) is 15.5. The molecule has 0 aromatic carbocycles. The first-order chi connectivity index (χ1) is 9.66. The zero-order valence-electron chi connectivity index (χ0n) is 11.1. The minimum Gasteiger partial charge on any atom is -0.478 e. The van der Waals surface area contributed by atoms with Crippen molar-refractivity contribution in [2.45, 2.75) is 13.0 Å². The first-order valence-corrected chi connectivity index (χ1v) is 6.58. The van der Waals surface area contributed by atoms with Gasteiger partial charge in [-0.05, 0) is 25.1 Å². The molecule has 0 bridgehead atoms. The van der Waals surface area contributed by atoms with Gasteiger partial charge in [-0.3, -0.25) is 4.98 Å². The van der Waals surface area contributed by atoms with Crippen LogP contribution in [0.25, 0.3) is 0 Å². The highest BCUT2D eigenvalue weighted by Crippen LogP contribution is 2.02. The maximum absolute atomic E-state index is 12.0. The monoisotopic (exact) mass is 278 g/mol. The second-order valence-corrected chi connectivity index (χ2v) is 4.59. The molecule has 1 saturated heterocycles. The molecule has 0 aliphatic carbocycles. The minimum atomic E-state index is -1.00. The highest BCUT2D eigenvalue weighted by Gasteiger charge is 2.14. The van der Waals surface area contributed by atoms with Gasteiger partial charge >= 0.3 is 12.0 Å². The third kappa shape index (κ3) is 3.92. The Labute approximate surface area is 117 Å². The molecule has 0 unspecified atom stereocenters. The number of carbonyl (C=O) groups excluding carboxylic acids is 1. The van der Waals surface area contributed by atoms with Crippen LogP contribution in [0.4, 0.5) is 4.79 Å². The van der Waals surface area contributed by atoms with Gasteiger partial charge in [0.2, 0.25) is 0 Å². The number of carbonyl (C=O) groups is 2. The maximum atomic E-state index is 12.0. The van der Waals surface area contributed by atoms with Crippen molar-refractivity contribution in [1.82, 2.24) is 20.5 Å². The van der Waals surface area contributed by atoms with Crippen molar-refractivity contribution >= 4 is 12.0 Å². The summed E-state index contributed by atoms with van der Waals surface area (Å²) in [5, 5.41) is 14.9. The van der Waals surface area contributed by atoms with Gasteiger partial charge in [0.25, 0.3) is 0 Å². The third-order valence-corrected chi connectivity index (χ3v) is 3.11. The topological polar surface area (TPSA) is 94.6 Å². The molecule has 1 fully saturated rings. The molecule has 1 aromatic rings. The lowest BCUT2D eigenvalue weighted by molar-refractivity contribution is 0.0696. The minimum absolute atomic E-state index is 0.142. The van der Waals surface area contributed by atoms with Gasteiger partial charge in [-0.2, -0.15) is 0 Å². The van der Waals surface area contributed by atoms with Crippen LogP contribution >= 0.6 is 0 Å². The molecule has 7 nitrogen and oxygen atoms in total. The van der Waals surface area contributed by atoms with E-state index in [1.807, 2.05) is 0 Å². The summed E-state index contributed by atoms with van der Waals surface area (Å²) in [7, 11) is 0. The van der Waals surface area contributed by atoms with Crippen LogP contribution in [-0.4, -0.2) is 53.2 Å². The van der Waals surface area contributed by atoms with Gasteiger partial charge < -0.3 is 20.6 Å². The molecule has 20 heavy (non-hydrogen) atoms. The maximum Gasteiger partial charge on any atom is 0.335 e. The number of hydrogen-bond donors (Lipinski definition) is 3. The number of carboxylic acid groups (broad SMARTS) is 1. The zero-order valence-corrected chi connectivity index (χ0v) is 11.1. The first-order valence-electron chi connectivity index (χ1n) is 6.58. The van der Waals surface area contributed by atoms with Crippen LogP contribution in [0.5, 0.6) is 0 Å². The van der Waals surface area contributed by atoms with Crippen molar-refractivity contribution in [1.29, 1.82) is 0 Å². The Morgan fingerprint density at radius 3 is 3.05 bits per heavy atom. The molecule has 0 saturated carbocycles. The lowest BCUT2D eigenvalue weighted by Gasteiger charge is -2.20. The molecular formula is C13H18N4O3. The number of nitrogens with zero attached hydrogens (tertiary/aromatic N) is 2. The summed E-state index contributed by atoms with van der Waals surface area (Å²) >= 11 is 0. The van der Waals surface area contributed by atoms with Crippen molar-refractivity contribution in [3.8, 4) is 0 Å². The molecule has 0 atom stereocenters. The van der Waals surface area contributed by atoms with E-state index >= 15 is 0 Å². The van der Waals surface area contributed by atoms with Gasteiger partial charge in [-0.25, -0.2) is 9.59 Å². The number of nitrogens with one attached hydrogen (secondary N) is 2. The van der Waals surface area contributed by atoms with Crippen LogP contribution in [-0.2, 0) is 6.54 Å². The lowest BCUT2D eigenvalue weighted by Crippen LogP contribution is -2.41. The summed E-state index contributed by atoms with van der Waals surface area (Å²) in [5.41, 5.74) is 0.703. The molecule has 1 aromatic heterocycles. The summed E-state index contributed by atoms with van der Waals surface area (Å²) in [6.45, 7) is 3.34. The molecule has 2 amide bonds. The lowest BCUT2D eigenvalue weighted by atomic mass is 10.2. The Bertz CT molecular complexity index is 484. The number of hydrogen-bond acceptors (Lipinski definition) is 4. The summed E-state index contributed by atoms with van der Waals surface area (Å²) in [5.74, 6) is -1.00. The van der Waals surface area contributed by atoms with Crippen LogP contribution in [0, 0.1) is 0 Å². The Kier molecular flexibility index (Phi) is 4.89. The fourth-order valence-corrected chi connectivity index (χ4v) is 2.03. The van der Waals surface area contributed by atoms with Crippen molar-refractivity contribution in [3.05, 3.63) is 29.6 Å². The average molecular weight is 278 g/mol. The van der Waals surface area contributed by atoms with E-state index in [2.05, 4.69) is 15.6 Å². The molecule has 2 rings (SSSR count). The number of amides is 2. The predicted octanol–water partition coefficient (Wildman–Crippen LogP) is 0.285. The van der Waals surface area contributed by atoms with E-state index in [0.717, 1.165) is 26.1 Å². The molecule has 0 radical (unpaired) electrons. The molecule has 1 aliphatic rings. The van der Waals surface area contributed by atoms with E-state index in [4.69, 9.17) is 5.11 Å². The van der Waals surface area contributed by atoms with Crippen molar-refractivity contribution in [2.75, 3.05) is 26.2 Å². The summed E-state index contributed by atoms with van der Waals surface area (Å²) in [6.07, 6.45) is 2.36. The number of pyridine rings is 1. The second-order valence-electron chi connectivity index (χ2n) is 4.59. The highest BCUT2D eigenvalue weighted by atomic mass is 16.4. The van der Waals surface area contributed by atoms with Crippen molar-refractivity contribution in [3.63, 3.8) is 0 Å². The molecule has 7 heteroatoms. The number of aromatic carboxylic acids is 1. The standard InChI is InChI=1S/C13H18N4O3/c18-12(19)10-2-4-15-11(8-10)9-16-13(20)17-6-1-3-14-5-7-17/h2,4,8,14H,1,3,5-7,9H2,(H,16,20)(H,18,19). The van der Waals surface area contributed by atoms with E-state index in [1.54, 1.807) is 4.90 Å². The molecule has 108 valence electrons. The number of urea groups is 1. The van der Waals surface area contributed by atoms with E-state index in [-0.39, 0.29) is 18.1 Å². The largest absolute Gasteiger partial charge is 0.478 e.